The van der Waals surface area contributed by atoms with Crippen molar-refractivity contribution < 1.29 is 4.79 Å². The van der Waals surface area contributed by atoms with E-state index in [1.165, 1.54) is 24.0 Å². The fourth-order valence-corrected chi connectivity index (χ4v) is 3.94. The second-order valence-electron chi connectivity index (χ2n) is 7.69. The molecular formula is C24H32N2O. The van der Waals surface area contributed by atoms with Gasteiger partial charge in [-0.3, -0.25) is 4.79 Å². The Hall–Kier alpha value is -2.13. The molecule has 0 spiro atoms. The molecule has 1 unspecified atom stereocenters. The monoisotopic (exact) mass is 364 g/mol. The standard InChI is InChI=1S/C24H32N2O/c1-25-18-9-15-23(25)20-26(19-17-22-12-6-3-7-13-22)24(27)16-8-14-21-10-4-2-5-11-21/h2-7,10-13,23H,8-9,14-20H2,1H3. The third-order valence-corrected chi connectivity index (χ3v) is 5.67. The van der Waals surface area contributed by atoms with Crippen LogP contribution in [0.2, 0.25) is 0 Å². The van der Waals surface area contributed by atoms with Crippen molar-refractivity contribution in [1.82, 2.24) is 9.80 Å². The van der Waals surface area contributed by atoms with E-state index in [1.54, 1.807) is 0 Å². The summed E-state index contributed by atoms with van der Waals surface area (Å²) >= 11 is 0. The zero-order chi connectivity index (χ0) is 18.9. The number of hydrogen-bond donors (Lipinski definition) is 0. The van der Waals surface area contributed by atoms with Gasteiger partial charge in [0.05, 0.1) is 0 Å². The molecule has 2 aromatic rings. The lowest BCUT2D eigenvalue weighted by Gasteiger charge is -2.29. The van der Waals surface area contributed by atoms with Gasteiger partial charge in [0, 0.05) is 25.6 Å². The fraction of sp³-hybridized carbons (Fsp3) is 0.458. The van der Waals surface area contributed by atoms with E-state index in [4.69, 9.17) is 0 Å². The Kier molecular flexibility index (Phi) is 7.46. The highest BCUT2D eigenvalue weighted by atomic mass is 16.2. The first-order valence-corrected chi connectivity index (χ1v) is 10.3. The summed E-state index contributed by atoms with van der Waals surface area (Å²) in [5.41, 5.74) is 2.62. The van der Waals surface area contributed by atoms with Crippen molar-refractivity contribution in [3.63, 3.8) is 0 Å². The molecular weight excluding hydrogens is 332 g/mol. The van der Waals surface area contributed by atoms with E-state index in [0.29, 0.717) is 18.4 Å². The molecule has 1 aliphatic rings. The van der Waals surface area contributed by atoms with Crippen molar-refractivity contribution in [2.45, 2.75) is 44.6 Å². The van der Waals surface area contributed by atoms with Crippen LogP contribution in [0.4, 0.5) is 0 Å². The first-order valence-electron chi connectivity index (χ1n) is 10.3. The first-order chi connectivity index (χ1) is 13.2. The van der Waals surface area contributed by atoms with Crippen molar-refractivity contribution >= 4 is 5.91 Å². The van der Waals surface area contributed by atoms with E-state index in [2.05, 4.69) is 65.4 Å². The number of carbonyl (C=O) groups excluding carboxylic acids is 1. The molecule has 1 atom stereocenters. The SMILES string of the molecule is CN1CCCC1CN(CCc1ccccc1)C(=O)CCCc1ccccc1. The van der Waals surface area contributed by atoms with Gasteiger partial charge in [-0.05, 0) is 56.8 Å². The van der Waals surface area contributed by atoms with E-state index in [1.807, 2.05) is 12.1 Å². The topological polar surface area (TPSA) is 23.6 Å². The van der Waals surface area contributed by atoms with Gasteiger partial charge in [-0.1, -0.05) is 60.7 Å². The van der Waals surface area contributed by atoms with Gasteiger partial charge in [0.15, 0.2) is 0 Å². The van der Waals surface area contributed by atoms with Crippen molar-refractivity contribution in [2.24, 2.45) is 0 Å². The Morgan fingerprint density at radius 1 is 1.00 bits per heavy atom. The summed E-state index contributed by atoms with van der Waals surface area (Å²) in [5.74, 6) is 0.308. The van der Waals surface area contributed by atoms with Crippen molar-refractivity contribution in [2.75, 3.05) is 26.7 Å². The number of likely N-dealkylation sites (N-methyl/N-ethyl adjacent to an activating group) is 1. The molecule has 27 heavy (non-hydrogen) atoms. The summed E-state index contributed by atoms with van der Waals surface area (Å²) in [7, 11) is 2.19. The van der Waals surface area contributed by atoms with Gasteiger partial charge < -0.3 is 9.80 Å². The van der Waals surface area contributed by atoms with Gasteiger partial charge in [0.25, 0.3) is 0 Å². The zero-order valence-corrected chi connectivity index (χ0v) is 16.5. The summed E-state index contributed by atoms with van der Waals surface area (Å²) in [4.78, 5) is 17.5. The van der Waals surface area contributed by atoms with E-state index in [-0.39, 0.29) is 0 Å². The molecule has 144 valence electrons. The number of amides is 1. The normalized spacial score (nSPS) is 17.1. The minimum atomic E-state index is 0.308. The van der Waals surface area contributed by atoms with Crippen LogP contribution >= 0.6 is 0 Å². The molecule has 0 saturated carbocycles. The summed E-state index contributed by atoms with van der Waals surface area (Å²) in [6.45, 7) is 2.84. The average Bonchev–Trinajstić information content (AvgIpc) is 3.11. The van der Waals surface area contributed by atoms with Gasteiger partial charge in [0.1, 0.15) is 0 Å². The second kappa shape index (κ2) is 10.3. The molecule has 1 aliphatic heterocycles. The van der Waals surface area contributed by atoms with Crippen LogP contribution in [0.5, 0.6) is 0 Å². The first kappa shape index (κ1) is 19.6. The maximum absolute atomic E-state index is 13.0. The van der Waals surface area contributed by atoms with Crippen LogP contribution in [-0.2, 0) is 17.6 Å². The molecule has 1 amide bonds. The third kappa shape index (κ3) is 6.21. The van der Waals surface area contributed by atoms with Gasteiger partial charge in [-0.15, -0.1) is 0 Å². The molecule has 0 aliphatic carbocycles. The number of hydrogen-bond acceptors (Lipinski definition) is 2. The number of benzene rings is 2. The Labute approximate surface area is 164 Å². The summed E-state index contributed by atoms with van der Waals surface area (Å²) in [6, 6.07) is 21.5. The van der Waals surface area contributed by atoms with Gasteiger partial charge in [-0.2, -0.15) is 0 Å². The predicted octanol–water partition coefficient (Wildman–Crippen LogP) is 4.17. The van der Waals surface area contributed by atoms with E-state index in [0.717, 1.165) is 38.9 Å². The van der Waals surface area contributed by atoms with Crippen LogP contribution in [0.15, 0.2) is 60.7 Å². The van der Waals surface area contributed by atoms with Crippen LogP contribution in [0.1, 0.15) is 36.8 Å². The Bertz CT molecular complexity index is 686. The predicted molar refractivity (Wildman–Crippen MR) is 112 cm³/mol. The zero-order valence-electron chi connectivity index (χ0n) is 16.5. The summed E-state index contributed by atoms with van der Waals surface area (Å²) < 4.78 is 0. The average molecular weight is 365 g/mol. The number of carbonyl (C=O) groups is 1. The highest BCUT2D eigenvalue weighted by molar-refractivity contribution is 5.76. The molecule has 0 bridgehead atoms. The largest absolute Gasteiger partial charge is 0.341 e. The molecule has 3 rings (SSSR count). The second-order valence-corrected chi connectivity index (χ2v) is 7.69. The molecule has 1 heterocycles. The smallest absolute Gasteiger partial charge is 0.222 e. The minimum Gasteiger partial charge on any atom is -0.341 e. The quantitative estimate of drug-likeness (QED) is 0.666. The highest BCUT2D eigenvalue weighted by Gasteiger charge is 2.25. The highest BCUT2D eigenvalue weighted by Crippen LogP contribution is 2.17. The van der Waals surface area contributed by atoms with Crippen LogP contribution in [0.3, 0.4) is 0 Å². The molecule has 0 radical (unpaired) electrons. The van der Waals surface area contributed by atoms with Crippen LogP contribution in [0.25, 0.3) is 0 Å². The Morgan fingerprint density at radius 3 is 2.22 bits per heavy atom. The lowest BCUT2D eigenvalue weighted by Crippen LogP contribution is -2.42. The summed E-state index contributed by atoms with van der Waals surface area (Å²) in [6.07, 6.45) is 5.92. The molecule has 1 fully saturated rings. The number of likely N-dealkylation sites (tertiary alicyclic amines) is 1. The maximum Gasteiger partial charge on any atom is 0.222 e. The fourth-order valence-electron chi connectivity index (χ4n) is 3.94. The van der Waals surface area contributed by atoms with Gasteiger partial charge >= 0.3 is 0 Å². The lowest BCUT2D eigenvalue weighted by molar-refractivity contribution is -0.132. The van der Waals surface area contributed by atoms with E-state index < -0.39 is 0 Å². The molecule has 1 saturated heterocycles. The molecule has 3 nitrogen and oxygen atoms in total. The lowest BCUT2D eigenvalue weighted by atomic mass is 10.1. The maximum atomic E-state index is 13.0. The van der Waals surface area contributed by atoms with Crippen LogP contribution in [-0.4, -0.2) is 48.4 Å². The Morgan fingerprint density at radius 2 is 1.63 bits per heavy atom. The molecule has 0 aromatic heterocycles. The van der Waals surface area contributed by atoms with Crippen molar-refractivity contribution in [1.29, 1.82) is 0 Å². The van der Waals surface area contributed by atoms with E-state index in [9.17, 15) is 4.79 Å². The van der Waals surface area contributed by atoms with E-state index >= 15 is 0 Å². The van der Waals surface area contributed by atoms with Crippen LogP contribution < -0.4 is 0 Å². The van der Waals surface area contributed by atoms with Crippen molar-refractivity contribution in [3.05, 3.63) is 71.8 Å². The number of nitrogens with zero attached hydrogens (tertiary/aromatic N) is 2. The van der Waals surface area contributed by atoms with Crippen LogP contribution in [0, 0.1) is 0 Å². The number of rotatable bonds is 9. The number of aryl methyl sites for hydroxylation is 1. The van der Waals surface area contributed by atoms with Gasteiger partial charge in [0.2, 0.25) is 5.91 Å². The molecule has 3 heteroatoms. The van der Waals surface area contributed by atoms with Gasteiger partial charge in [-0.25, -0.2) is 0 Å². The Balaban J connectivity index is 1.54. The minimum absolute atomic E-state index is 0.308. The third-order valence-electron chi connectivity index (χ3n) is 5.67. The molecule has 2 aromatic carbocycles. The molecule has 0 N–H and O–H groups in total. The summed E-state index contributed by atoms with van der Waals surface area (Å²) in [5, 5.41) is 0. The van der Waals surface area contributed by atoms with Crippen molar-refractivity contribution in [3.8, 4) is 0 Å².